The van der Waals surface area contributed by atoms with E-state index in [0.717, 1.165) is 18.4 Å². The molecule has 1 aromatic heterocycles. The minimum atomic E-state index is -0.923. The van der Waals surface area contributed by atoms with Gasteiger partial charge in [-0.15, -0.1) is 22.9 Å². The highest BCUT2D eigenvalue weighted by atomic mass is 35.5. The summed E-state index contributed by atoms with van der Waals surface area (Å²) in [5, 5.41) is 12.1. The molecule has 126 valence electrons. The molecule has 0 saturated carbocycles. The van der Waals surface area contributed by atoms with Gasteiger partial charge in [0, 0.05) is 10.4 Å². The number of carbonyl (C=O) groups is 2. The first-order valence-corrected chi connectivity index (χ1v) is 9.11. The number of fused-ring (bicyclic) bond motifs is 1. The molecule has 0 fully saturated rings. The Balaban J connectivity index is 1.98. The van der Waals surface area contributed by atoms with Crippen LogP contribution in [0.2, 0.25) is 0 Å². The zero-order chi connectivity index (χ0) is 17.1. The van der Waals surface area contributed by atoms with Gasteiger partial charge in [0.1, 0.15) is 5.88 Å². The molecule has 1 aliphatic carbocycles. The second-order valence-electron chi connectivity index (χ2n) is 5.73. The maximum atomic E-state index is 11.5. The average Bonchev–Trinajstić information content (AvgIpc) is 2.95. The molecule has 1 aromatic carbocycles. The number of nitrogens with zero attached hydrogens (tertiary/aromatic N) is 1. The van der Waals surface area contributed by atoms with Gasteiger partial charge in [-0.2, -0.15) is 0 Å². The van der Waals surface area contributed by atoms with Crippen LogP contribution in [-0.4, -0.2) is 27.8 Å². The Labute approximate surface area is 148 Å². The summed E-state index contributed by atoms with van der Waals surface area (Å²) in [6.45, 7) is 0. The van der Waals surface area contributed by atoms with Gasteiger partial charge in [0.15, 0.2) is 5.13 Å². The molecule has 0 bridgehead atoms. The van der Waals surface area contributed by atoms with Gasteiger partial charge >= 0.3 is 5.97 Å². The number of aliphatic carboxylic acids is 1. The molecule has 1 amide bonds. The number of halogens is 1. The van der Waals surface area contributed by atoms with E-state index < -0.39 is 5.97 Å². The molecule has 0 unspecified atom stereocenters. The first-order valence-electron chi connectivity index (χ1n) is 7.76. The van der Waals surface area contributed by atoms with Gasteiger partial charge in [-0.1, -0.05) is 12.1 Å². The predicted molar refractivity (Wildman–Crippen MR) is 94.9 cm³/mol. The van der Waals surface area contributed by atoms with Crippen molar-refractivity contribution in [2.75, 3.05) is 11.2 Å². The molecule has 0 saturated heterocycles. The number of carboxylic acid groups (broad SMARTS) is 1. The quantitative estimate of drug-likeness (QED) is 0.796. The maximum Gasteiger partial charge on any atom is 0.308 e. The predicted octanol–water partition coefficient (Wildman–Crippen LogP) is 3.49. The lowest BCUT2D eigenvalue weighted by Gasteiger charge is -2.16. The van der Waals surface area contributed by atoms with Crippen molar-refractivity contribution in [2.24, 2.45) is 0 Å². The Morgan fingerprint density at radius 2 is 2.00 bits per heavy atom. The second kappa shape index (κ2) is 7.32. The topological polar surface area (TPSA) is 79.3 Å². The van der Waals surface area contributed by atoms with Gasteiger partial charge in [0.05, 0.1) is 12.1 Å². The van der Waals surface area contributed by atoms with Crippen molar-refractivity contribution in [3.05, 3.63) is 34.2 Å². The summed E-state index contributed by atoms with van der Waals surface area (Å²) in [4.78, 5) is 27.7. The van der Waals surface area contributed by atoms with E-state index in [1.54, 1.807) is 0 Å². The summed E-state index contributed by atoms with van der Waals surface area (Å²) in [5.74, 6) is -1.44. The Morgan fingerprint density at radius 1 is 1.25 bits per heavy atom. The lowest BCUT2D eigenvalue weighted by molar-refractivity contribution is -0.136. The van der Waals surface area contributed by atoms with Crippen LogP contribution in [0.15, 0.2) is 18.2 Å². The molecule has 2 N–H and O–H groups in total. The smallest absolute Gasteiger partial charge is 0.308 e. The standard InChI is InChI=1S/C17H17ClN2O3S/c18-9-14(21)19-17-20-16(13(24-17)8-15(22)23)12-6-5-10-3-1-2-4-11(10)7-12/h5-7H,1-4,8-9H2,(H,22,23)(H,19,20,21). The molecule has 24 heavy (non-hydrogen) atoms. The molecule has 0 atom stereocenters. The highest BCUT2D eigenvalue weighted by Gasteiger charge is 2.18. The molecule has 5 nitrogen and oxygen atoms in total. The van der Waals surface area contributed by atoms with Crippen molar-refractivity contribution in [1.29, 1.82) is 0 Å². The van der Waals surface area contributed by atoms with Crippen molar-refractivity contribution in [3.8, 4) is 11.3 Å². The van der Waals surface area contributed by atoms with E-state index in [0.29, 0.717) is 15.7 Å². The summed E-state index contributed by atoms with van der Waals surface area (Å²) in [7, 11) is 0. The number of rotatable bonds is 5. The minimum Gasteiger partial charge on any atom is -0.481 e. The van der Waals surface area contributed by atoms with E-state index in [1.807, 2.05) is 6.07 Å². The summed E-state index contributed by atoms with van der Waals surface area (Å²) in [5.41, 5.74) is 4.19. The number of aryl methyl sites for hydroxylation is 2. The highest BCUT2D eigenvalue weighted by molar-refractivity contribution is 7.16. The highest BCUT2D eigenvalue weighted by Crippen LogP contribution is 2.34. The number of amides is 1. The normalized spacial score (nSPS) is 13.4. The zero-order valence-electron chi connectivity index (χ0n) is 13.0. The van der Waals surface area contributed by atoms with Crippen molar-refractivity contribution in [3.63, 3.8) is 0 Å². The number of carboxylic acids is 1. The number of benzene rings is 1. The molecule has 1 aliphatic rings. The molecule has 0 spiro atoms. The van der Waals surface area contributed by atoms with Gasteiger partial charge < -0.3 is 10.4 Å². The van der Waals surface area contributed by atoms with Gasteiger partial charge in [0.2, 0.25) is 5.91 Å². The van der Waals surface area contributed by atoms with Crippen LogP contribution < -0.4 is 5.32 Å². The van der Waals surface area contributed by atoms with Crippen LogP contribution in [0.3, 0.4) is 0 Å². The Bertz CT molecular complexity index is 788. The fourth-order valence-electron chi connectivity index (χ4n) is 2.92. The Kier molecular flexibility index (Phi) is 5.16. The number of anilines is 1. The molecule has 3 rings (SSSR count). The number of hydrogen-bond acceptors (Lipinski definition) is 4. The number of nitrogens with one attached hydrogen (secondary N) is 1. The van der Waals surface area contributed by atoms with E-state index in [2.05, 4.69) is 22.4 Å². The second-order valence-corrected chi connectivity index (χ2v) is 7.08. The van der Waals surface area contributed by atoms with Gasteiger partial charge in [-0.25, -0.2) is 4.98 Å². The third-order valence-corrected chi connectivity index (χ3v) is 5.21. The molecule has 0 radical (unpaired) electrons. The molecular weight excluding hydrogens is 348 g/mol. The van der Waals surface area contributed by atoms with Crippen LogP contribution >= 0.6 is 22.9 Å². The van der Waals surface area contributed by atoms with E-state index in [9.17, 15) is 9.59 Å². The Hall–Kier alpha value is -1.92. The van der Waals surface area contributed by atoms with Gasteiger partial charge in [-0.3, -0.25) is 9.59 Å². The van der Waals surface area contributed by atoms with Crippen molar-refractivity contribution >= 4 is 39.9 Å². The summed E-state index contributed by atoms with van der Waals surface area (Å²) in [6, 6.07) is 6.19. The van der Waals surface area contributed by atoms with E-state index in [1.165, 1.54) is 35.3 Å². The summed E-state index contributed by atoms with van der Waals surface area (Å²) < 4.78 is 0. The fraction of sp³-hybridized carbons (Fsp3) is 0.353. The number of alkyl halides is 1. The van der Waals surface area contributed by atoms with Crippen molar-refractivity contribution in [2.45, 2.75) is 32.1 Å². The average molecular weight is 365 g/mol. The lowest BCUT2D eigenvalue weighted by atomic mass is 9.90. The number of hydrogen-bond donors (Lipinski definition) is 2. The summed E-state index contributed by atoms with van der Waals surface area (Å²) in [6.07, 6.45) is 4.39. The van der Waals surface area contributed by atoms with Crippen molar-refractivity contribution in [1.82, 2.24) is 4.98 Å². The fourth-order valence-corrected chi connectivity index (χ4v) is 3.98. The van der Waals surface area contributed by atoms with Crippen molar-refractivity contribution < 1.29 is 14.7 Å². The maximum absolute atomic E-state index is 11.5. The molecule has 0 aliphatic heterocycles. The third-order valence-electron chi connectivity index (χ3n) is 4.00. The van der Waals surface area contributed by atoms with Crippen LogP contribution in [0.4, 0.5) is 5.13 Å². The first-order chi connectivity index (χ1) is 11.6. The third kappa shape index (κ3) is 3.76. The monoisotopic (exact) mass is 364 g/mol. The van der Waals surface area contributed by atoms with E-state index >= 15 is 0 Å². The number of aromatic nitrogens is 1. The molecule has 7 heteroatoms. The van der Waals surface area contributed by atoms with Crippen LogP contribution in [0.25, 0.3) is 11.3 Å². The zero-order valence-corrected chi connectivity index (χ0v) is 14.5. The Morgan fingerprint density at radius 3 is 2.71 bits per heavy atom. The van der Waals surface area contributed by atoms with Crippen LogP contribution in [0.5, 0.6) is 0 Å². The SMILES string of the molecule is O=C(O)Cc1sc(NC(=O)CCl)nc1-c1ccc2c(c1)CCCC2. The molecule has 2 aromatic rings. The molecule has 1 heterocycles. The largest absolute Gasteiger partial charge is 0.481 e. The van der Waals surface area contributed by atoms with Crippen LogP contribution in [0.1, 0.15) is 28.8 Å². The van der Waals surface area contributed by atoms with Crippen LogP contribution in [-0.2, 0) is 28.9 Å². The minimum absolute atomic E-state index is 0.124. The lowest BCUT2D eigenvalue weighted by Crippen LogP contribution is -2.12. The van der Waals surface area contributed by atoms with E-state index in [4.69, 9.17) is 16.7 Å². The van der Waals surface area contributed by atoms with E-state index in [-0.39, 0.29) is 18.2 Å². The molecular formula is C17H17ClN2O3S. The summed E-state index contributed by atoms with van der Waals surface area (Å²) >= 11 is 6.68. The van der Waals surface area contributed by atoms with Gasteiger partial charge in [-0.05, 0) is 42.9 Å². The number of thiazole rings is 1. The first kappa shape index (κ1) is 16.9. The number of carbonyl (C=O) groups excluding carboxylic acids is 1. The van der Waals surface area contributed by atoms with Gasteiger partial charge in [0.25, 0.3) is 0 Å². The van der Waals surface area contributed by atoms with Crippen LogP contribution in [0, 0.1) is 0 Å².